The predicted molar refractivity (Wildman–Crippen MR) is 73.1 cm³/mol. The highest BCUT2D eigenvalue weighted by atomic mass is 16.3. The summed E-state index contributed by atoms with van der Waals surface area (Å²) in [5, 5.41) is 13.0. The molecule has 2 N–H and O–H groups in total. The third-order valence-electron chi connectivity index (χ3n) is 3.95. The Balaban J connectivity index is 2.11. The largest absolute Gasteiger partial charge is 0.505 e. The molecule has 0 aromatic carbocycles. The molecule has 1 aromatic rings. The SMILES string of the molecule is CCC1CN(C(=O)c2ccncc2O)CCC1NC. The topological polar surface area (TPSA) is 65.5 Å². The molecule has 2 atom stereocenters. The van der Waals surface area contributed by atoms with Crippen LogP contribution in [0, 0.1) is 5.92 Å². The predicted octanol–water partition coefficient (Wildman–Crippen LogP) is 1.25. The van der Waals surface area contributed by atoms with E-state index in [4.69, 9.17) is 0 Å². The molecule has 0 aliphatic carbocycles. The molecule has 2 rings (SSSR count). The lowest BCUT2D eigenvalue weighted by Crippen LogP contribution is -2.50. The summed E-state index contributed by atoms with van der Waals surface area (Å²) in [6, 6.07) is 2.04. The molecule has 1 aliphatic rings. The number of carbonyl (C=O) groups excluding carboxylic acids is 1. The van der Waals surface area contributed by atoms with Gasteiger partial charge in [0, 0.05) is 25.3 Å². The van der Waals surface area contributed by atoms with Crippen molar-refractivity contribution in [2.24, 2.45) is 5.92 Å². The van der Waals surface area contributed by atoms with Gasteiger partial charge in [-0.2, -0.15) is 0 Å². The molecular weight excluding hydrogens is 242 g/mol. The molecule has 5 nitrogen and oxygen atoms in total. The summed E-state index contributed by atoms with van der Waals surface area (Å²) in [7, 11) is 1.97. The molecule has 1 saturated heterocycles. The highest BCUT2D eigenvalue weighted by Gasteiger charge is 2.30. The van der Waals surface area contributed by atoms with Crippen molar-refractivity contribution in [3.05, 3.63) is 24.0 Å². The van der Waals surface area contributed by atoms with Crippen molar-refractivity contribution in [3.8, 4) is 5.75 Å². The molecule has 19 heavy (non-hydrogen) atoms. The number of nitrogens with one attached hydrogen (secondary N) is 1. The minimum absolute atomic E-state index is 0.0451. The van der Waals surface area contributed by atoms with Gasteiger partial charge in [0.2, 0.25) is 0 Å². The molecule has 2 heterocycles. The maximum absolute atomic E-state index is 12.4. The maximum Gasteiger partial charge on any atom is 0.257 e. The standard InChI is InChI=1S/C14H21N3O2/c1-3-10-9-17(7-5-12(10)15-2)14(19)11-4-6-16-8-13(11)18/h4,6,8,10,12,15,18H,3,5,7,9H2,1-2H3. The van der Waals surface area contributed by atoms with Crippen LogP contribution in [0.1, 0.15) is 30.1 Å². The summed E-state index contributed by atoms with van der Waals surface area (Å²) >= 11 is 0. The van der Waals surface area contributed by atoms with Crippen LogP contribution < -0.4 is 5.32 Å². The summed E-state index contributed by atoms with van der Waals surface area (Å²) in [6.07, 6.45) is 4.83. The fourth-order valence-electron chi connectivity index (χ4n) is 2.75. The number of amides is 1. The van der Waals surface area contributed by atoms with E-state index in [0.29, 0.717) is 17.5 Å². The maximum atomic E-state index is 12.4. The van der Waals surface area contributed by atoms with Crippen molar-refractivity contribution in [1.82, 2.24) is 15.2 Å². The quantitative estimate of drug-likeness (QED) is 0.861. The minimum atomic E-state index is -0.104. The first-order chi connectivity index (χ1) is 9.17. The van der Waals surface area contributed by atoms with Crippen molar-refractivity contribution in [2.75, 3.05) is 20.1 Å². The van der Waals surface area contributed by atoms with E-state index in [2.05, 4.69) is 17.2 Å². The molecule has 104 valence electrons. The highest BCUT2D eigenvalue weighted by molar-refractivity contribution is 5.96. The van der Waals surface area contributed by atoms with Crippen LogP contribution >= 0.6 is 0 Å². The van der Waals surface area contributed by atoms with E-state index in [1.54, 1.807) is 6.07 Å². The van der Waals surface area contributed by atoms with Gasteiger partial charge in [-0.05, 0) is 25.5 Å². The first kappa shape index (κ1) is 13.8. The third-order valence-corrected chi connectivity index (χ3v) is 3.95. The monoisotopic (exact) mass is 263 g/mol. The zero-order valence-electron chi connectivity index (χ0n) is 11.5. The number of rotatable bonds is 3. The van der Waals surface area contributed by atoms with Gasteiger partial charge in [0.05, 0.1) is 11.8 Å². The molecule has 1 fully saturated rings. The number of hydrogen-bond donors (Lipinski definition) is 2. The molecule has 1 aliphatic heterocycles. The van der Waals surface area contributed by atoms with Gasteiger partial charge in [-0.1, -0.05) is 13.3 Å². The number of carbonyl (C=O) groups is 1. The molecule has 0 radical (unpaired) electrons. The van der Waals surface area contributed by atoms with Crippen LogP contribution in [0.3, 0.4) is 0 Å². The normalized spacial score (nSPS) is 23.4. The molecule has 5 heteroatoms. The van der Waals surface area contributed by atoms with Crippen LogP contribution in [0.2, 0.25) is 0 Å². The fourth-order valence-corrected chi connectivity index (χ4v) is 2.75. The molecule has 0 spiro atoms. The number of hydrogen-bond acceptors (Lipinski definition) is 4. The summed E-state index contributed by atoms with van der Waals surface area (Å²) < 4.78 is 0. The van der Waals surface area contributed by atoms with Crippen molar-refractivity contribution >= 4 is 5.91 Å². The van der Waals surface area contributed by atoms with E-state index in [1.165, 1.54) is 12.4 Å². The van der Waals surface area contributed by atoms with E-state index in [-0.39, 0.29) is 11.7 Å². The second-order valence-electron chi connectivity index (χ2n) is 5.00. The van der Waals surface area contributed by atoms with Crippen LogP contribution in [0.15, 0.2) is 18.5 Å². The minimum Gasteiger partial charge on any atom is -0.505 e. The molecule has 0 saturated carbocycles. The summed E-state index contributed by atoms with van der Waals surface area (Å²) in [5.41, 5.74) is 0.341. The smallest absolute Gasteiger partial charge is 0.257 e. The zero-order chi connectivity index (χ0) is 13.8. The van der Waals surface area contributed by atoms with Gasteiger partial charge in [0.15, 0.2) is 0 Å². The molecule has 1 aromatic heterocycles. The Labute approximate surface area is 113 Å². The van der Waals surface area contributed by atoms with Crippen molar-refractivity contribution in [2.45, 2.75) is 25.8 Å². The molecule has 1 amide bonds. The van der Waals surface area contributed by atoms with Crippen LogP contribution in [0.5, 0.6) is 5.75 Å². The van der Waals surface area contributed by atoms with Crippen molar-refractivity contribution in [1.29, 1.82) is 0 Å². The van der Waals surface area contributed by atoms with Crippen LogP contribution in [0.4, 0.5) is 0 Å². The van der Waals surface area contributed by atoms with Gasteiger partial charge >= 0.3 is 0 Å². The van der Waals surface area contributed by atoms with Crippen LogP contribution in [-0.4, -0.2) is 47.1 Å². The number of aromatic hydroxyl groups is 1. The molecular formula is C14H21N3O2. The number of piperidine rings is 1. The Morgan fingerprint density at radius 2 is 2.42 bits per heavy atom. The molecule has 2 unspecified atom stereocenters. The Hall–Kier alpha value is -1.62. The van der Waals surface area contributed by atoms with E-state index < -0.39 is 0 Å². The first-order valence-electron chi connectivity index (χ1n) is 6.76. The average molecular weight is 263 g/mol. The van der Waals surface area contributed by atoms with Crippen LogP contribution in [0.25, 0.3) is 0 Å². The van der Waals surface area contributed by atoms with Gasteiger partial charge in [-0.3, -0.25) is 9.78 Å². The Morgan fingerprint density at radius 3 is 3.05 bits per heavy atom. The van der Waals surface area contributed by atoms with E-state index in [9.17, 15) is 9.90 Å². The van der Waals surface area contributed by atoms with Gasteiger partial charge in [0.1, 0.15) is 5.75 Å². The van der Waals surface area contributed by atoms with E-state index >= 15 is 0 Å². The van der Waals surface area contributed by atoms with Gasteiger partial charge in [-0.25, -0.2) is 0 Å². The lowest BCUT2D eigenvalue weighted by Gasteiger charge is -2.38. The number of nitrogens with zero attached hydrogens (tertiary/aromatic N) is 2. The van der Waals surface area contributed by atoms with Gasteiger partial charge in [0.25, 0.3) is 5.91 Å². The lowest BCUT2D eigenvalue weighted by atomic mass is 9.89. The average Bonchev–Trinajstić information content (AvgIpc) is 2.46. The number of aromatic nitrogens is 1. The van der Waals surface area contributed by atoms with Crippen LogP contribution in [-0.2, 0) is 0 Å². The summed E-state index contributed by atoms with van der Waals surface area (Å²) in [5.74, 6) is 0.316. The number of likely N-dealkylation sites (tertiary alicyclic amines) is 1. The zero-order valence-corrected chi connectivity index (χ0v) is 11.5. The second-order valence-corrected chi connectivity index (χ2v) is 5.00. The summed E-state index contributed by atoms with van der Waals surface area (Å²) in [6.45, 7) is 3.61. The van der Waals surface area contributed by atoms with Gasteiger partial charge < -0.3 is 15.3 Å². The Morgan fingerprint density at radius 1 is 1.63 bits per heavy atom. The Bertz CT molecular complexity index is 450. The van der Waals surface area contributed by atoms with E-state index in [1.807, 2.05) is 11.9 Å². The molecule has 0 bridgehead atoms. The first-order valence-corrected chi connectivity index (χ1v) is 6.76. The van der Waals surface area contributed by atoms with Crippen molar-refractivity contribution in [3.63, 3.8) is 0 Å². The summed E-state index contributed by atoms with van der Waals surface area (Å²) in [4.78, 5) is 18.0. The Kier molecular flexibility index (Phi) is 4.37. The van der Waals surface area contributed by atoms with E-state index in [0.717, 1.165) is 25.9 Å². The lowest BCUT2D eigenvalue weighted by molar-refractivity contribution is 0.0628. The van der Waals surface area contributed by atoms with Crippen molar-refractivity contribution < 1.29 is 9.90 Å². The second kappa shape index (κ2) is 6.02. The van der Waals surface area contributed by atoms with Gasteiger partial charge in [-0.15, -0.1) is 0 Å². The highest BCUT2D eigenvalue weighted by Crippen LogP contribution is 2.23. The fraction of sp³-hybridized carbons (Fsp3) is 0.571. The number of pyridine rings is 1. The third kappa shape index (κ3) is 2.87.